The third-order valence-corrected chi connectivity index (χ3v) is 4.55. The van der Waals surface area contributed by atoms with Crippen LogP contribution in [0.2, 0.25) is 0 Å². The molecule has 3 aromatic rings. The van der Waals surface area contributed by atoms with Gasteiger partial charge in [0.15, 0.2) is 5.43 Å². The van der Waals surface area contributed by atoms with Gasteiger partial charge in [0.1, 0.15) is 5.58 Å². The molecule has 0 spiro atoms. The van der Waals surface area contributed by atoms with Gasteiger partial charge in [-0.1, -0.05) is 54.1 Å². The topological polar surface area (TPSA) is 30.2 Å². The molecule has 0 saturated heterocycles. The van der Waals surface area contributed by atoms with E-state index >= 15 is 0 Å². The van der Waals surface area contributed by atoms with E-state index in [1.54, 1.807) is 6.26 Å². The Bertz CT molecular complexity index is 995. The van der Waals surface area contributed by atoms with Crippen LogP contribution in [0.4, 0.5) is 0 Å². The predicted octanol–water partition coefficient (Wildman–Crippen LogP) is 5.11. The van der Waals surface area contributed by atoms with Crippen molar-refractivity contribution < 1.29 is 4.42 Å². The van der Waals surface area contributed by atoms with E-state index in [-0.39, 0.29) is 11.3 Å². The Morgan fingerprint density at radius 1 is 1.14 bits per heavy atom. The molecule has 0 radical (unpaired) electrons. The molecular formula is C19H13ClO2. The van der Waals surface area contributed by atoms with Gasteiger partial charge in [0.05, 0.1) is 11.6 Å². The molecular weight excluding hydrogens is 296 g/mol. The number of hydrogen-bond donors (Lipinski definition) is 0. The van der Waals surface area contributed by atoms with Gasteiger partial charge in [-0.3, -0.25) is 4.79 Å². The third kappa shape index (κ3) is 1.99. The van der Waals surface area contributed by atoms with Gasteiger partial charge in [-0.15, -0.1) is 0 Å². The van der Waals surface area contributed by atoms with E-state index in [0.29, 0.717) is 21.6 Å². The van der Waals surface area contributed by atoms with Crippen molar-refractivity contribution in [2.24, 2.45) is 0 Å². The van der Waals surface area contributed by atoms with Crippen LogP contribution in [0, 0.1) is 0 Å². The molecule has 108 valence electrons. The molecule has 2 aromatic carbocycles. The maximum absolute atomic E-state index is 13.0. The molecule has 0 saturated carbocycles. The fourth-order valence-electron chi connectivity index (χ4n) is 3.03. The monoisotopic (exact) mass is 308 g/mol. The Morgan fingerprint density at radius 2 is 2.00 bits per heavy atom. The highest BCUT2D eigenvalue weighted by Crippen LogP contribution is 2.33. The molecule has 1 aliphatic rings. The van der Waals surface area contributed by atoms with Crippen LogP contribution in [0.1, 0.15) is 17.9 Å². The molecule has 0 aliphatic heterocycles. The van der Waals surface area contributed by atoms with Crippen molar-refractivity contribution in [3.05, 3.63) is 81.7 Å². The van der Waals surface area contributed by atoms with Crippen LogP contribution in [0.5, 0.6) is 0 Å². The van der Waals surface area contributed by atoms with Crippen molar-refractivity contribution in [1.82, 2.24) is 0 Å². The lowest BCUT2D eigenvalue weighted by Gasteiger charge is -2.16. The van der Waals surface area contributed by atoms with E-state index in [1.165, 1.54) is 0 Å². The number of benzene rings is 2. The van der Waals surface area contributed by atoms with E-state index in [4.69, 9.17) is 16.0 Å². The number of rotatable bonds is 1. The first-order valence-corrected chi connectivity index (χ1v) is 7.59. The zero-order valence-electron chi connectivity index (χ0n) is 11.8. The summed E-state index contributed by atoms with van der Waals surface area (Å²) in [6.07, 6.45) is 8.04. The molecule has 3 heteroatoms. The SMILES string of the molecule is O=c1c(C2CC=CC=C2Cl)coc2ccc3ccccc3c12. The molecule has 1 heterocycles. The minimum absolute atomic E-state index is 0.00454. The Hall–Kier alpha value is -2.32. The van der Waals surface area contributed by atoms with Crippen molar-refractivity contribution in [2.45, 2.75) is 12.3 Å². The molecule has 4 rings (SSSR count). The van der Waals surface area contributed by atoms with Gasteiger partial charge < -0.3 is 4.42 Å². The van der Waals surface area contributed by atoms with E-state index in [1.807, 2.05) is 54.6 Å². The minimum Gasteiger partial charge on any atom is -0.464 e. The van der Waals surface area contributed by atoms with Gasteiger partial charge in [0.25, 0.3) is 0 Å². The smallest absolute Gasteiger partial charge is 0.197 e. The van der Waals surface area contributed by atoms with E-state index in [0.717, 1.165) is 17.2 Å². The van der Waals surface area contributed by atoms with Crippen molar-refractivity contribution in [3.63, 3.8) is 0 Å². The Balaban J connectivity index is 2.05. The van der Waals surface area contributed by atoms with Crippen LogP contribution in [0.25, 0.3) is 21.7 Å². The maximum Gasteiger partial charge on any atom is 0.197 e. The van der Waals surface area contributed by atoms with Crippen LogP contribution in [-0.4, -0.2) is 0 Å². The molecule has 0 bridgehead atoms. The quantitative estimate of drug-likeness (QED) is 0.585. The summed E-state index contributed by atoms with van der Waals surface area (Å²) < 4.78 is 5.72. The molecule has 22 heavy (non-hydrogen) atoms. The summed E-state index contributed by atoms with van der Waals surface area (Å²) in [6.45, 7) is 0. The largest absolute Gasteiger partial charge is 0.464 e. The Morgan fingerprint density at radius 3 is 2.86 bits per heavy atom. The lowest BCUT2D eigenvalue weighted by atomic mass is 9.92. The zero-order valence-corrected chi connectivity index (χ0v) is 12.5. The normalized spacial score (nSPS) is 17.9. The van der Waals surface area contributed by atoms with Crippen LogP contribution < -0.4 is 5.43 Å². The van der Waals surface area contributed by atoms with Crippen molar-refractivity contribution in [2.75, 3.05) is 0 Å². The summed E-state index contributed by atoms with van der Waals surface area (Å²) in [5.74, 6) is -0.119. The zero-order chi connectivity index (χ0) is 15.1. The molecule has 1 aromatic heterocycles. The van der Waals surface area contributed by atoms with Gasteiger partial charge in [-0.25, -0.2) is 0 Å². The predicted molar refractivity (Wildman–Crippen MR) is 90.4 cm³/mol. The third-order valence-electron chi connectivity index (χ3n) is 4.16. The van der Waals surface area contributed by atoms with Gasteiger partial charge in [-0.05, 0) is 29.3 Å². The maximum atomic E-state index is 13.0. The highest BCUT2D eigenvalue weighted by molar-refractivity contribution is 6.30. The Kier molecular flexibility index (Phi) is 3.12. The number of halogens is 1. The van der Waals surface area contributed by atoms with Gasteiger partial charge in [0.2, 0.25) is 0 Å². The Labute approximate surface area is 132 Å². The standard InChI is InChI=1S/C19H13ClO2/c20-16-8-4-3-7-14(16)15-11-22-17-10-9-12-5-1-2-6-13(12)18(17)19(15)21/h1-6,8-11,14H,7H2. The molecule has 2 nitrogen and oxygen atoms in total. The molecule has 1 unspecified atom stereocenters. The van der Waals surface area contributed by atoms with Crippen molar-refractivity contribution in [3.8, 4) is 0 Å². The molecule has 1 aliphatic carbocycles. The summed E-state index contributed by atoms with van der Waals surface area (Å²) in [4.78, 5) is 13.0. The fourth-order valence-corrected chi connectivity index (χ4v) is 3.31. The lowest BCUT2D eigenvalue weighted by molar-refractivity contribution is 0.586. The van der Waals surface area contributed by atoms with E-state index < -0.39 is 0 Å². The second kappa shape index (κ2) is 5.15. The minimum atomic E-state index is -0.119. The summed E-state index contributed by atoms with van der Waals surface area (Å²) in [5, 5.41) is 3.26. The van der Waals surface area contributed by atoms with E-state index in [2.05, 4.69) is 0 Å². The number of allylic oxidation sites excluding steroid dienone is 4. The lowest BCUT2D eigenvalue weighted by Crippen LogP contribution is -2.14. The highest BCUT2D eigenvalue weighted by atomic mass is 35.5. The second-order valence-electron chi connectivity index (χ2n) is 5.45. The number of fused-ring (bicyclic) bond motifs is 3. The van der Waals surface area contributed by atoms with Crippen molar-refractivity contribution in [1.29, 1.82) is 0 Å². The average molecular weight is 309 g/mol. The molecule has 0 fully saturated rings. The molecule has 0 amide bonds. The molecule has 0 N–H and O–H groups in total. The van der Waals surface area contributed by atoms with Crippen molar-refractivity contribution >= 4 is 33.3 Å². The van der Waals surface area contributed by atoms with Crippen LogP contribution in [0.15, 0.2) is 75.1 Å². The van der Waals surface area contributed by atoms with Gasteiger partial charge in [-0.2, -0.15) is 0 Å². The van der Waals surface area contributed by atoms with Crippen LogP contribution in [0.3, 0.4) is 0 Å². The molecule has 1 atom stereocenters. The first kappa shape index (κ1) is 13.4. The summed E-state index contributed by atoms with van der Waals surface area (Å²) in [5.41, 5.74) is 1.23. The van der Waals surface area contributed by atoms with E-state index in [9.17, 15) is 4.79 Å². The number of hydrogen-bond acceptors (Lipinski definition) is 2. The first-order chi connectivity index (χ1) is 10.8. The first-order valence-electron chi connectivity index (χ1n) is 7.21. The highest BCUT2D eigenvalue weighted by Gasteiger charge is 2.21. The fraction of sp³-hybridized carbons (Fsp3) is 0.105. The van der Waals surface area contributed by atoms with Crippen LogP contribution >= 0.6 is 11.6 Å². The summed E-state index contributed by atoms with van der Waals surface area (Å²) >= 11 is 6.29. The summed E-state index contributed by atoms with van der Waals surface area (Å²) in [7, 11) is 0. The summed E-state index contributed by atoms with van der Waals surface area (Å²) in [6, 6.07) is 11.7. The average Bonchev–Trinajstić information content (AvgIpc) is 2.56. The van der Waals surface area contributed by atoms with Crippen LogP contribution in [-0.2, 0) is 0 Å². The second-order valence-corrected chi connectivity index (χ2v) is 5.88. The van der Waals surface area contributed by atoms with Gasteiger partial charge >= 0.3 is 0 Å². The van der Waals surface area contributed by atoms with Gasteiger partial charge in [0, 0.05) is 16.5 Å².